The molecule has 0 saturated carbocycles. The summed E-state index contributed by atoms with van der Waals surface area (Å²) in [4.78, 5) is 36.0. The number of fused-ring (bicyclic) bond motifs is 1. The molecule has 1 N–H and O–H groups in total. The molecule has 1 amide bonds. The average molecular weight is 401 g/mol. The van der Waals surface area contributed by atoms with Gasteiger partial charge < -0.3 is 19.5 Å². The van der Waals surface area contributed by atoms with E-state index in [9.17, 15) is 14.4 Å². The van der Waals surface area contributed by atoms with Crippen molar-refractivity contribution in [1.82, 2.24) is 0 Å². The highest BCUT2D eigenvalue weighted by atomic mass is 32.2. The molecule has 1 heterocycles. The molecule has 0 aromatic heterocycles. The van der Waals surface area contributed by atoms with Crippen molar-refractivity contribution in [2.24, 2.45) is 0 Å². The van der Waals surface area contributed by atoms with Gasteiger partial charge in [0.25, 0.3) is 5.91 Å². The van der Waals surface area contributed by atoms with E-state index >= 15 is 0 Å². The molecule has 3 rings (SSSR count). The maximum absolute atomic E-state index is 11.9. The molecule has 28 heavy (non-hydrogen) atoms. The second-order valence-corrected chi connectivity index (χ2v) is 6.99. The highest BCUT2D eigenvalue weighted by molar-refractivity contribution is 8.00. The topological polar surface area (TPSA) is 90.9 Å². The van der Waals surface area contributed by atoms with Crippen molar-refractivity contribution in [3.63, 3.8) is 0 Å². The average Bonchev–Trinajstić information content (AvgIpc) is 2.70. The second kappa shape index (κ2) is 9.27. The number of benzene rings is 2. The van der Waals surface area contributed by atoms with E-state index in [1.807, 2.05) is 6.07 Å². The zero-order valence-corrected chi connectivity index (χ0v) is 16.0. The van der Waals surface area contributed by atoms with Gasteiger partial charge in [-0.3, -0.25) is 14.4 Å². The number of ether oxygens (including phenoxy) is 3. The van der Waals surface area contributed by atoms with Gasteiger partial charge in [0.1, 0.15) is 13.2 Å². The number of amides is 1. The summed E-state index contributed by atoms with van der Waals surface area (Å²) in [5.74, 6) is 0.317. The summed E-state index contributed by atoms with van der Waals surface area (Å²) in [5.41, 5.74) is 0.963. The van der Waals surface area contributed by atoms with Crippen LogP contribution in [0.2, 0.25) is 0 Å². The smallest absolute Gasteiger partial charge is 0.316 e. The van der Waals surface area contributed by atoms with Crippen LogP contribution in [0.5, 0.6) is 11.5 Å². The Morgan fingerprint density at radius 2 is 1.86 bits per heavy atom. The van der Waals surface area contributed by atoms with Gasteiger partial charge in [0.05, 0.1) is 5.75 Å². The number of carbonyl (C=O) groups excluding carboxylic acids is 3. The van der Waals surface area contributed by atoms with Gasteiger partial charge in [0.2, 0.25) is 0 Å². The van der Waals surface area contributed by atoms with E-state index in [0.717, 1.165) is 4.90 Å². The molecule has 0 bridgehead atoms. The van der Waals surface area contributed by atoms with Crippen LogP contribution in [0.1, 0.15) is 17.3 Å². The lowest BCUT2D eigenvalue weighted by molar-refractivity contribution is -0.144. The molecular weight excluding hydrogens is 382 g/mol. The summed E-state index contributed by atoms with van der Waals surface area (Å²) in [6, 6.07) is 12.0. The van der Waals surface area contributed by atoms with Crippen molar-refractivity contribution < 1.29 is 28.6 Å². The molecule has 7 nitrogen and oxygen atoms in total. The molecule has 0 spiro atoms. The molecule has 2 aromatic rings. The van der Waals surface area contributed by atoms with Crippen LogP contribution in [0.15, 0.2) is 47.4 Å². The lowest BCUT2D eigenvalue weighted by Crippen LogP contribution is -2.21. The van der Waals surface area contributed by atoms with Crippen LogP contribution in [0.25, 0.3) is 0 Å². The standard InChI is InChI=1S/C20H19NO6S/c1-13(22)14-3-2-4-15(9-14)21-19(23)11-27-20(24)12-28-16-5-6-17-18(10-16)26-8-7-25-17/h2-6,9-10H,7-8,11-12H2,1H3,(H,21,23). The SMILES string of the molecule is CC(=O)c1cccc(NC(=O)COC(=O)CSc2ccc3c(c2)OCCO3)c1. The fourth-order valence-corrected chi connectivity index (χ4v) is 3.18. The van der Waals surface area contributed by atoms with E-state index in [-0.39, 0.29) is 11.5 Å². The first-order chi connectivity index (χ1) is 13.5. The number of anilines is 1. The number of hydrogen-bond donors (Lipinski definition) is 1. The third kappa shape index (κ3) is 5.50. The Bertz CT molecular complexity index is 898. The quantitative estimate of drug-likeness (QED) is 0.433. The molecule has 0 fully saturated rings. The van der Waals surface area contributed by atoms with Gasteiger partial charge in [-0.05, 0) is 37.3 Å². The molecule has 8 heteroatoms. The monoisotopic (exact) mass is 401 g/mol. The van der Waals surface area contributed by atoms with Crippen LogP contribution >= 0.6 is 11.8 Å². The molecule has 0 saturated heterocycles. The van der Waals surface area contributed by atoms with E-state index in [1.165, 1.54) is 18.7 Å². The summed E-state index contributed by atoms with van der Waals surface area (Å²) >= 11 is 1.28. The number of esters is 1. The molecule has 1 aliphatic heterocycles. The summed E-state index contributed by atoms with van der Waals surface area (Å²) < 4.78 is 15.9. The maximum atomic E-state index is 11.9. The van der Waals surface area contributed by atoms with E-state index in [1.54, 1.807) is 36.4 Å². The number of Topliss-reactive ketones (excluding diaryl/α,β-unsaturated/α-hetero) is 1. The highest BCUT2D eigenvalue weighted by Crippen LogP contribution is 2.34. The van der Waals surface area contributed by atoms with Crippen molar-refractivity contribution in [3.8, 4) is 11.5 Å². The summed E-state index contributed by atoms with van der Waals surface area (Å²) in [6.07, 6.45) is 0. The lowest BCUT2D eigenvalue weighted by atomic mass is 10.1. The first-order valence-corrected chi connectivity index (χ1v) is 9.59. The number of hydrogen-bond acceptors (Lipinski definition) is 7. The van der Waals surface area contributed by atoms with E-state index in [4.69, 9.17) is 14.2 Å². The Balaban J connectivity index is 1.43. The Morgan fingerprint density at radius 3 is 2.64 bits per heavy atom. The Hall–Kier alpha value is -3.00. The van der Waals surface area contributed by atoms with Crippen LogP contribution in [0.4, 0.5) is 5.69 Å². The summed E-state index contributed by atoms with van der Waals surface area (Å²) in [5, 5.41) is 2.59. The van der Waals surface area contributed by atoms with Gasteiger partial charge in [-0.25, -0.2) is 0 Å². The number of nitrogens with one attached hydrogen (secondary N) is 1. The van der Waals surface area contributed by atoms with Gasteiger partial charge >= 0.3 is 5.97 Å². The van der Waals surface area contributed by atoms with E-state index in [0.29, 0.717) is 36.0 Å². The highest BCUT2D eigenvalue weighted by Gasteiger charge is 2.14. The van der Waals surface area contributed by atoms with Crippen LogP contribution in [-0.2, 0) is 14.3 Å². The molecule has 0 radical (unpaired) electrons. The fourth-order valence-electron chi connectivity index (χ4n) is 2.46. The van der Waals surface area contributed by atoms with Gasteiger partial charge in [0, 0.05) is 16.1 Å². The van der Waals surface area contributed by atoms with Gasteiger partial charge in [-0.2, -0.15) is 0 Å². The first kappa shape index (κ1) is 19.8. The van der Waals surface area contributed by atoms with Crippen molar-refractivity contribution in [2.75, 3.05) is 30.9 Å². The number of rotatable bonds is 7. The van der Waals surface area contributed by atoms with Crippen LogP contribution < -0.4 is 14.8 Å². The molecule has 2 aromatic carbocycles. The second-order valence-electron chi connectivity index (χ2n) is 5.94. The van der Waals surface area contributed by atoms with E-state index < -0.39 is 18.5 Å². The van der Waals surface area contributed by atoms with Gasteiger partial charge in [0.15, 0.2) is 23.9 Å². The molecule has 0 atom stereocenters. The summed E-state index contributed by atoms with van der Waals surface area (Å²) in [7, 11) is 0. The largest absolute Gasteiger partial charge is 0.486 e. The number of thioether (sulfide) groups is 1. The van der Waals surface area contributed by atoms with Crippen molar-refractivity contribution in [1.29, 1.82) is 0 Å². The Labute approximate surface area is 166 Å². The van der Waals surface area contributed by atoms with Crippen molar-refractivity contribution >= 4 is 35.1 Å². The lowest BCUT2D eigenvalue weighted by Gasteiger charge is -2.18. The molecular formula is C20H19NO6S. The molecule has 0 unspecified atom stereocenters. The van der Waals surface area contributed by atoms with Crippen LogP contribution in [0.3, 0.4) is 0 Å². The molecule has 146 valence electrons. The minimum Gasteiger partial charge on any atom is -0.486 e. The molecule has 0 aliphatic carbocycles. The minimum absolute atomic E-state index is 0.0622. The predicted octanol–water partition coefficient (Wildman–Crippen LogP) is 2.93. The van der Waals surface area contributed by atoms with Crippen LogP contribution in [0, 0.1) is 0 Å². The molecule has 1 aliphatic rings. The van der Waals surface area contributed by atoms with Crippen LogP contribution in [-0.4, -0.2) is 43.2 Å². The Kier molecular flexibility index (Phi) is 6.54. The van der Waals surface area contributed by atoms with Crippen molar-refractivity contribution in [3.05, 3.63) is 48.0 Å². The fraction of sp³-hybridized carbons (Fsp3) is 0.250. The third-order valence-electron chi connectivity index (χ3n) is 3.79. The van der Waals surface area contributed by atoms with Crippen molar-refractivity contribution in [2.45, 2.75) is 11.8 Å². The zero-order chi connectivity index (χ0) is 19.9. The van der Waals surface area contributed by atoms with E-state index in [2.05, 4.69) is 5.32 Å². The van der Waals surface area contributed by atoms with Gasteiger partial charge in [-0.1, -0.05) is 12.1 Å². The van der Waals surface area contributed by atoms with Gasteiger partial charge in [-0.15, -0.1) is 11.8 Å². The number of ketones is 1. The number of carbonyl (C=O) groups is 3. The Morgan fingerprint density at radius 1 is 1.07 bits per heavy atom. The summed E-state index contributed by atoms with van der Waals surface area (Å²) in [6.45, 7) is 2.06. The minimum atomic E-state index is -0.507. The maximum Gasteiger partial charge on any atom is 0.316 e. The third-order valence-corrected chi connectivity index (χ3v) is 4.75. The normalized spacial score (nSPS) is 12.2. The first-order valence-electron chi connectivity index (χ1n) is 8.60. The predicted molar refractivity (Wildman–Crippen MR) is 104 cm³/mol. The zero-order valence-electron chi connectivity index (χ0n) is 15.2.